The molecule has 0 aromatic heterocycles. The van der Waals surface area contributed by atoms with E-state index in [0.717, 1.165) is 12.8 Å². The Kier molecular flexibility index (Phi) is 4.74. The third kappa shape index (κ3) is 3.57. The number of carbonyl (C=O) groups excluding carboxylic acids is 2. The van der Waals surface area contributed by atoms with Crippen molar-refractivity contribution < 1.29 is 14.7 Å². The minimum atomic E-state index is -0.154. The molecule has 1 heterocycles. The molecule has 1 atom stereocenters. The van der Waals surface area contributed by atoms with E-state index in [9.17, 15) is 14.7 Å². The van der Waals surface area contributed by atoms with Gasteiger partial charge in [0.05, 0.1) is 0 Å². The van der Waals surface area contributed by atoms with Gasteiger partial charge in [0, 0.05) is 30.9 Å². The monoisotopic (exact) mass is 276 g/mol. The summed E-state index contributed by atoms with van der Waals surface area (Å²) in [5, 5.41) is 12.0. The van der Waals surface area contributed by atoms with Gasteiger partial charge in [0.15, 0.2) is 5.78 Å². The fourth-order valence-electron chi connectivity index (χ4n) is 2.39. The van der Waals surface area contributed by atoms with E-state index in [1.807, 2.05) is 0 Å². The first kappa shape index (κ1) is 14.5. The second-order valence-electron chi connectivity index (χ2n) is 5.20. The molecular weight excluding hydrogens is 256 g/mol. The molecule has 2 N–H and O–H groups in total. The molecule has 2 rings (SSSR count). The molecule has 0 aliphatic carbocycles. The van der Waals surface area contributed by atoms with Crippen molar-refractivity contribution in [1.29, 1.82) is 0 Å². The van der Waals surface area contributed by atoms with Gasteiger partial charge in [0.25, 0.3) is 0 Å². The number of ketones is 1. The van der Waals surface area contributed by atoms with Crippen molar-refractivity contribution in [1.82, 2.24) is 4.90 Å². The SMILES string of the molecule is CC(=O)c1ccc(NC(=O)N2CCCC(CO)C2)cc1. The Hall–Kier alpha value is -1.88. The van der Waals surface area contributed by atoms with Gasteiger partial charge in [0.1, 0.15) is 0 Å². The standard InChI is InChI=1S/C15H20N2O3/c1-11(19)13-4-6-14(7-5-13)16-15(20)17-8-2-3-12(9-17)10-18/h4-7,12,18H,2-3,8-10H2,1H3,(H,16,20). The van der Waals surface area contributed by atoms with Crippen molar-refractivity contribution >= 4 is 17.5 Å². The van der Waals surface area contributed by atoms with E-state index in [0.29, 0.717) is 24.3 Å². The molecule has 0 bridgehead atoms. The number of likely N-dealkylation sites (tertiary alicyclic amines) is 1. The van der Waals surface area contributed by atoms with Crippen molar-refractivity contribution in [3.05, 3.63) is 29.8 Å². The Morgan fingerprint density at radius 1 is 1.35 bits per heavy atom. The van der Waals surface area contributed by atoms with Gasteiger partial charge in [-0.05, 0) is 49.9 Å². The molecule has 5 nitrogen and oxygen atoms in total. The van der Waals surface area contributed by atoms with Gasteiger partial charge >= 0.3 is 6.03 Å². The van der Waals surface area contributed by atoms with Crippen molar-refractivity contribution in [2.75, 3.05) is 25.0 Å². The minimum Gasteiger partial charge on any atom is -0.396 e. The normalized spacial score (nSPS) is 18.7. The maximum absolute atomic E-state index is 12.1. The number of Topliss-reactive ketones (excluding diaryl/α,β-unsaturated/α-hetero) is 1. The topological polar surface area (TPSA) is 69.6 Å². The average molecular weight is 276 g/mol. The predicted octanol–water partition coefficient (Wildman–Crippen LogP) is 2.13. The highest BCUT2D eigenvalue weighted by Gasteiger charge is 2.23. The summed E-state index contributed by atoms with van der Waals surface area (Å²) >= 11 is 0. The zero-order chi connectivity index (χ0) is 14.5. The van der Waals surface area contributed by atoms with Crippen LogP contribution in [0.25, 0.3) is 0 Å². The van der Waals surface area contributed by atoms with E-state index >= 15 is 0 Å². The number of hydrogen-bond acceptors (Lipinski definition) is 3. The molecular formula is C15H20N2O3. The number of urea groups is 1. The Morgan fingerprint density at radius 2 is 2.05 bits per heavy atom. The van der Waals surface area contributed by atoms with Crippen LogP contribution >= 0.6 is 0 Å². The van der Waals surface area contributed by atoms with Gasteiger partial charge in [0.2, 0.25) is 0 Å². The molecule has 2 amide bonds. The molecule has 1 aromatic carbocycles. The highest BCUT2D eigenvalue weighted by atomic mass is 16.3. The summed E-state index contributed by atoms with van der Waals surface area (Å²) in [5.74, 6) is 0.180. The van der Waals surface area contributed by atoms with Crippen LogP contribution in [0.4, 0.5) is 10.5 Å². The molecule has 1 aliphatic rings. The summed E-state index contributed by atoms with van der Waals surface area (Å²) in [6.07, 6.45) is 1.88. The molecule has 20 heavy (non-hydrogen) atoms. The van der Waals surface area contributed by atoms with Crippen molar-refractivity contribution in [2.24, 2.45) is 5.92 Å². The summed E-state index contributed by atoms with van der Waals surface area (Å²) in [6.45, 7) is 2.94. The summed E-state index contributed by atoms with van der Waals surface area (Å²) < 4.78 is 0. The van der Waals surface area contributed by atoms with Crippen LogP contribution in [0.5, 0.6) is 0 Å². The second kappa shape index (κ2) is 6.52. The Balaban J connectivity index is 1.95. The number of anilines is 1. The van der Waals surface area contributed by atoms with Crippen molar-refractivity contribution in [2.45, 2.75) is 19.8 Å². The lowest BCUT2D eigenvalue weighted by atomic mass is 9.99. The van der Waals surface area contributed by atoms with E-state index in [4.69, 9.17) is 0 Å². The first-order valence-electron chi connectivity index (χ1n) is 6.88. The van der Waals surface area contributed by atoms with Gasteiger partial charge < -0.3 is 15.3 Å². The number of nitrogens with one attached hydrogen (secondary N) is 1. The fourth-order valence-corrected chi connectivity index (χ4v) is 2.39. The summed E-state index contributed by atoms with van der Waals surface area (Å²) in [7, 11) is 0. The van der Waals surface area contributed by atoms with Crippen LogP contribution in [0.3, 0.4) is 0 Å². The number of nitrogens with zero attached hydrogens (tertiary/aromatic N) is 1. The van der Waals surface area contributed by atoms with Crippen LogP contribution in [0.15, 0.2) is 24.3 Å². The maximum atomic E-state index is 12.1. The first-order chi connectivity index (χ1) is 9.60. The number of hydrogen-bond donors (Lipinski definition) is 2. The van der Waals surface area contributed by atoms with Gasteiger partial charge in [-0.1, -0.05) is 0 Å². The summed E-state index contributed by atoms with van der Waals surface area (Å²) in [6, 6.07) is 6.69. The van der Waals surface area contributed by atoms with Crippen LogP contribution in [-0.4, -0.2) is 41.5 Å². The molecule has 108 valence electrons. The van der Waals surface area contributed by atoms with Gasteiger partial charge in [-0.3, -0.25) is 4.79 Å². The zero-order valence-corrected chi connectivity index (χ0v) is 11.6. The third-order valence-electron chi connectivity index (χ3n) is 3.61. The van der Waals surface area contributed by atoms with Crippen LogP contribution in [-0.2, 0) is 0 Å². The minimum absolute atomic E-state index is 0.00435. The largest absolute Gasteiger partial charge is 0.396 e. The smallest absolute Gasteiger partial charge is 0.321 e. The zero-order valence-electron chi connectivity index (χ0n) is 11.6. The average Bonchev–Trinajstić information content (AvgIpc) is 2.47. The first-order valence-corrected chi connectivity index (χ1v) is 6.88. The lowest BCUT2D eigenvalue weighted by Gasteiger charge is -2.31. The molecule has 1 aliphatic heterocycles. The number of benzene rings is 1. The quantitative estimate of drug-likeness (QED) is 0.831. The highest BCUT2D eigenvalue weighted by molar-refractivity contribution is 5.95. The third-order valence-corrected chi connectivity index (χ3v) is 3.61. The molecule has 1 unspecified atom stereocenters. The van der Waals surface area contributed by atoms with E-state index in [2.05, 4.69) is 5.32 Å². The van der Waals surface area contributed by atoms with E-state index in [1.54, 1.807) is 29.2 Å². The number of aliphatic hydroxyl groups is 1. The van der Waals surface area contributed by atoms with Crippen molar-refractivity contribution in [3.8, 4) is 0 Å². The van der Waals surface area contributed by atoms with Gasteiger partial charge in [-0.15, -0.1) is 0 Å². The lowest BCUT2D eigenvalue weighted by molar-refractivity contribution is 0.101. The molecule has 0 radical (unpaired) electrons. The van der Waals surface area contributed by atoms with E-state index < -0.39 is 0 Å². The molecule has 0 spiro atoms. The van der Waals surface area contributed by atoms with Crippen LogP contribution in [0, 0.1) is 5.92 Å². The highest BCUT2D eigenvalue weighted by Crippen LogP contribution is 2.17. The van der Waals surface area contributed by atoms with E-state index in [-0.39, 0.29) is 24.3 Å². The lowest BCUT2D eigenvalue weighted by Crippen LogP contribution is -2.43. The van der Waals surface area contributed by atoms with Crippen LogP contribution in [0.1, 0.15) is 30.1 Å². The molecule has 1 fully saturated rings. The number of piperidine rings is 1. The molecule has 1 saturated heterocycles. The number of rotatable bonds is 3. The summed E-state index contributed by atoms with van der Waals surface area (Å²) in [5.41, 5.74) is 1.30. The number of amides is 2. The van der Waals surface area contributed by atoms with Crippen LogP contribution < -0.4 is 5.32 Å². The molecule has 0 saturated carbocycles. The van der Waals surface area contributed by atoms with Gasteiger partial charge in [-0.25, -0.2) is 4.79 Å². The fraction of sp³-hybridized carbons (Fsp3) is 0.467. The van der Waals surface area contributed by atoms with E-state index in [1.165, 1.54) is 6.92 Å². The van der Waals surface area contributed by atoms with Crippen molar-refractivity contribution in [3.63, 3.8) is 0 Å². The molecule has 5 heteroatoms. The maximum Gasteiger partial charge on any atom is 0.321 e. The Bertz CT molecular complexity index is 484. The molecule has 1 aromatic rings. The Labute approximate surface area is 118 Å². The van der Waals surface area contributed by atoms with Gasteiger partial charge in [-0.2, -0.15) is 0 Å². The second-order valence-corrected chi connectivity index (χ2v) is 5.20. The predicted molar refractivity (Wildman–Crippen MR) is 76.8 cm³/mol. The van der Waals surface area contributed by atoms with Crippen LogP contribution in [0.2, 0.25) is 0 Å². The number of aliphatic hydroxyl groups excluding tert-OH is 1. The summed E-state index contributed by atoms with van der Waals surface area (Å²) in [4.78, 5) is 25.0. The Morgan fingerprint density at radius 3 is 2.65 bits per heavy atom. The number of carbonyl (C=O) groups is 2.